The molecule has 1 saturated carbocycles. The fourth-order valence-electron chi connectivity index (χ4n) is 4.91. The largest absolute Gasteiger partial charge is 0.339 e. The molecule has 5 rings (SSSR count). The average molecular weight is 514 g/mol. The van der Waals surface area contributed by atoms with E-state index in [4.69, 9.17) is 11.6 Å². The van der Waals surface area contributed by atoms with Gasteiger partial charge < -0.3 is 9.80 Å². The Labute approximate surface area is 216 Å². The van der Waals surface area contributed by atoms with Gasteiger partial charge in [-0.25, -0.2) is 4.98 Å². The normalized spacial score (nSPS) is 20.0. The second kappa shape index (κ2) is 11.3. The highest BCUT2D eigenvalue weighted by Gasteiger charge is 2.31. The van der Waals surface area contributed by atoms with Crippen LogP contribution in [0.4, 0.5) is 0 Å². The summed E-state index contributed by atoms with van der Waals surface area (Å²) in [6.45, 7) is 6.75. The number of nitrogens with zero attached hydrogens (tertiary/aromatic N) is 5. The average Bonchev–Trinajstić information content (AvgIpc) is 2.85. The summed E-state index contributed by atoms with van der Waals surface area (Å²) >= 11 is 7.46. The van der Waals surface area contributed by atoms with Crippen molar-refractivity contribution in [1.29, 1.82) is 0 Å². The molecule has 7 nitrogen and oxygen atoms in total. The molecule has 1 aromatic heterocycles. The molecule has 3 fully saturated rings. The van der Waals surface area contributed by atoms with Crippen LogP contribution < -0.4 is 0 Å². The van der Waals surface area contributed by atoms with Crippen LogP contribution in [-0.2, 0) is 4.79 Å². The fraction of sp³-hybridized carbons (Fsp3) is 0.500. The molecule has 1 aromatic carbocycles. The summed E-state index contributed by atoms with van der Waals surface area (Å²) in [5.74, 6) is 0.208. The first kappa shape index (κ1) is 24.6. The molecule has 0 atom stereocenters. The van der Waals surface area contributed by atoms with Crippen LogP contribution in [0.5, 0.6) is 0 Å². The Balaban J connectivity index is 1.11. The first-order valence-corrected chi connectivity index (χ1v) is 13.7. The highest BCUT2D eigenvalue weighted by molar-refractivity contribution is 7.99. The molecule has 3 aliphatic rings. The molecule has 0 radical (unpaired) electrons. The van der Waals surface area contributed by atoms with Crippen molar-refractivity contribution in [2.24, 2.45) is 0 Å². The summed E-state index contributed by atoms with van der Waals surface area (Å²) in [6, 6.07) is 11.9. The Hall–Kier alpha value is -2.13. The summed E-state index contributed by atoms with van der Waals surface area (Å²) < 4.78 is 0. The minimum Gasteiger partial charge on any atom is -0.339 e. The Morgan fingerprint density at radius 1 is 0.914 bits per heavy atom. The molecule has 186 valence electrons. The zero-order valence-corrected chi connectivity index (χ0v) is 21.5. The van der Waals surface area contributed by atoms with E-state index in [9.17, 15) is 9.59 Å². The molecule has 2 saturated heterocycles. The van der Waals surface area contributed by atoms with Crippen molar-refractivity contribution in [2.45, 2.75) is 35.2 Å². The molecule has 2 aromatic rings. The molecule has 2 amide bonds. The molecular weight excluding hydrogens is 482 g/mol. The van der Waals surface area contributed by atoms with Crippen molar-refractivity contribution in [3.8, 4) is 0 Å². The predicted octanol–water partition coefficient (Wildman–Crippen LogP) is 3.34. The third-order valence-electron chi connectivity index (χ3n) is 7.31. The molecule has 2 aliphatic heterocycles. The molecule has 0 spiro atoms. The number of carbonyl (C=O) groups excluding carboxylic acids is 2. The van der Waals surface area contributed by atoms with Crippen molar-refractivity contribution in [3.05, 3.63) is 53.2 Å². The lowest BCUT2D eigenvalue weighted by molar-refractivity contribution is -0.135. The van der Waals surface area contributed by atoms with Gasteiger partial charge in [-0.1, -0.05) is 29.8 Å². The third-order valence-corrected chi connectivity index (χ3v) is 8.58. The number of hydrogen-bond donors (Lipinski definition) is 0. The lowest BCUT2D eigenvalue weighted by Gasteiger charge is -2.43. The van der Waals surface area contributed by atoms with Crippen molar-refractivity contribution in [3.63, 3.8) is 0 Å². The minimum absolute atomic E-state index is 0.00680. The van der Waals surface area contributed by atoms with Crippen LogP contribution in [0.25, 0.3) is 0 Å². The van der Waals surface area contributed by atoms with Gasteiger partial charge in [0, 0.05) is 74.5 Å². The maximum absolute atomic E-state index is 13.3. The molecule has 1 aliphatic carbocycles. The second-order valence-electron chi connectivity index (χ2n) is 9.48. The van der Waals surface area contributed by atoms with E-state index in [1.54, 1.807) is 12.3 Å². The smallest absolute Gasteiger partial charge is 0.256 e. The van der Waals surface area contributed by atoms with Gasteiger partial charge in [0.05, 0.1) is 12.1 Å². The van der Waals surface area contributed by atoms with Crippen molar-refractivity contribution in [2.75, 3.05) is 58.9 Å². The molecule has 0 N–H and O–H groups in total. The van der Waals surface area contributed by atoms with Gasteiger partial charge >= 0.3 is 0 Å². The summed E-state index contributed by atoms with van der Waals surface area (Å²) in [5, 5.41) is 1.37. The number of halogens is 1. The Morgan fingerprint density at radius 2 is 1.60 bits per heavy atom. The molecule has 0 bridgehead atoms. The lowest BCUT2D eigenvalue weighted by Crippen LogP contribution is -2.56. The van der Waals surface area contributed by atoms with Gasteiger partial charge in [-0.2, -0.15) is 0 Å². The minimum atomic E-state index is -0.00680. The first-order valence-electron chi connectivity index (χ1n) is 12.5. The van der Waals surface area contributed by atoms with E-state index < -0.39 is 0 Å². The summed E-state index contributed by atoms with van der Waals surface area (Å²) in [5.41, 5.74) is 0.612. The number of aromatic nitrogens is 1. The summed E-state index contributed by atoms with van der Waals surface area (Å²) in [7, 11) is 0. The van der Waals surface area contributed by atoms with Crippen molar-refractivity contribution < 1.29 is 9.59 Å². The number of piperazine rings is 2. The molecule has 3 heterocycles. The van der Waals surface area contributed by atoms with Gasteiger partial charge in [0.2, 0.25) is 5.91 Å². The van der Waals surface area contributed by atoms with Crippen LogP contribution in [0.2, 0.25) is 5.02 Å². The maximum Gasteiger partial charge on any atom is 0.256 e. The summed E-state index contributed by atoms with van der Waals surface area (Å²) in [4.78, 5) is 40.2. The van der Waals surface area contributed by atoms with E-state index in [-0.39, 0.29) is 11.8 Å². The standard InChI is InChI=1S/C26H32ClN5O2S/c27-20-6-8-22(9-7-20)35-25-23(5-2-10-28-25)26(34)32-13-11-29(12-14-32)19-24(33)31-17-15-30(16-18-31)21-3-1-4-21/h2,5-10,21H,1,3-4,11-19H2. The van der Waals surface area contributed by atoms with Gasteiger partial charge in [0.15, 0.2) is 0 Å². The van der Waals surface area contributed by atoms with Crippen molar-refractivity contribution in [1.82, 2.24) is 24.6 Å². The number of amides is 2. The van der Waals surface area contributed by atoms with Gasteiger partial charge in [0.25, 0.3) is 5.91 Å². The monoisotopic (exact) mass is 513 g/mol. The maximum atomic E-state index is 13.3. The van der Waals surface area contributed by atoms with E-state index in [1.807, 2.05) is 40.1 Å². The zero-order chi connectivity index (χ0) is 24.2. The van der Waals surface area contributed by atoms with Crippen LogP contribution in [0.3, 0.4) is 0 Å². The highest BCUT2D eigenvalue weighted by atomic mass is 35.5. The third kappa shape index (κ3) is 6.00. The van der Waals surface area contributed by atoms with E-state index >= 15 is 0 Å². The second-order valence-corrected chi connectivity index (χ2v) is 11.0. The van der Waals surface area contributed by atoms with E-state index in [2.05, 4.69) is 14.8 Å². The van der Waals surface area contributed by atoms with Gasteiger partial charge in [0.1, 0.15) is 5.03 Å². The van der Waals surface area contributed by atoms with Crippen LogP contribution in [-0.4, -0.2) is 101 Å². The van der Waals surface area contributed by atoms with Crippen LogP contribution in [0.15, 0.2) is 52.5 Å². The SMILES string of the molecule is O=C(CN1CCN(C(=O)c2cccnc2Sc2ccc(Cl)cc2)CC1)N1CCN(C2CCC2)CC1. The highest BCUT2D eigenvalue weighted by Crippen LogP contribution is 2.30. The topological polar surface area (TPSA) is 60.0 Å². The lowest BCUT2D eigenvalue weighted by atomic mass is 9.91. The molecule has 35 heavy (non-hydrogen) atoms. The Bertz CT molecular complexity index is 1030. The number of pyridine rings is 1. The van der Waals surface area contributed by atoms with Gasteiger partial charge in [-0.05, 0) is 49.2 Å². The van der Waals surface area contributed by atoms with E-state index in [0.29, 0.717) is 48.3 Å². The first-order chi connectivity index (χ1) is 17.1. The molecule has 0 unspecified atom stereocenters. The van der Waals surface area contributed by atoms with E-state index in [0.717, 1.165) is 37.1 Å². The zero-order valence-electron chi connectivity index (χ0n) is 19.9. The van der Waals surface area contributed by atoms with E-state index in [1.165, 1.54) is 31.0 Å². The number of carbonyl (C=O) groups is 2. The van der Waals surface area contributed by atoms with Gasteiger partial charge in [-0.3, -0.25) is 19.4 Å². The van der Waals surface area contributed by atoms with Crippen LogP contribution in [0.1, 0.15) is 29.6 Å². The number of benzene rings is 1. The van der Waals surface area contributed by atoms with Crippen molar-refractivity contribution >= 4 is 35.2 Å². The van der Waals surface area contributed by atoms with Crippen LogP contribution >= 0.6 is 23.4 Å². The predicted molar refractivity (Wildman–Crippen MR) is 138 cm³/mol. The van der Waals surface area contributed by atoms with Gasteiger partial charge in [-0.15, -0.1) is 0 Å². The quantitative estimate of drug-likeness (QED) is 0.590. The Morgan fingerprint density at radius 3 is 2.26 bits per heavy atom. The number of hydrogen-bond acceptors (Lipinski definition) is 6. The Kier molecular flexibility index (Phi) is 7.92. The number of rotatable bonds is 6. The fourth-order valence-corrected chi connectivity index (χ4v) is 5.91. The molecular formula is C26H32ClN5O2S. The molecule has 9 heteroatoms. The summed E-state index contributed by atoms with van der Waals surface area (Å²) in [6.07, 6.45) is 5.70. The van der Waals surface area contributed by atoms with Crippen LogP contribution in [0, 0.1) is 0 Å².